The molecular weight excluding hydrogens is 306 g/mol. The molecule has 7 heteroatoms. The van der Waals surface area contributed by atoms with Crippen molar-refractivity contribution in [2.24, 2.45) is 0 Å². The summed E-state index contributed by atoms with van der Waals surface area (Å²) in [6.07, 6.45) is 2.87. The molecule has 0 aromatic carbocycles. The predicted octanol–water partition coefficient (Wildman–Crippen LogP) is 0.0749. The Kier molecular flexibility index (Phi) is 5.61. The van der Waals surface area contributed by atoms with E-state index in [0.29, 0.717) is 31.1 Å². The van der Waals surface area contributed by atoms with Crippen molar-refractivity contribution in [3.63, 3.8) is 0 Å². The average Bonchev–Trinajstić information content (AvgIpc) is 3.24. The fraction of sp³-hybridized carbons (Fsp3) is 0.882. The third-order valence-corrected chi connectivity index (χ3v) is 5.67. The normalized spacial score (nSPS) is 30.2. The molecule has 0 aromatic rings. The fourth-order valence-electron chi connectivity index (χ4n) is 4.33. The lowest BCUT2D eigenvalue weighted by Crippen LogP contribution is -2.48. The molecule has 3 rings (SSSR count). The summed E-state index contributed by atoms with van der Waals surface area (Å²) in [7, 11) is 0. The number of hydrogen-bond acceptors (Lipinski definition) is 4. The maximum absolute atomic E-state index is 11.7. The van der Waals surface area contributed by atoms with Gasteiger partial charge in [-0.25, -0.2) is 4.79 Å². The summed E-state index contributed by atoms with van der Waals surface area (Å²) in [5.41, 5.74) is 0. The lowest BCUT2D eigenvalue weighted by molar-refractivity contribution is -0.121. The van der Waals surface area contributed by atoms with Crippen LogP contribution in [0, 0.1) is 0 Å². The molecule has 0 aliphatic carbocycles. The second-order valence-corrected chi connectivity index (χ2v) is 7.21. The van der Waals surface area contributed by atoms with E-state index in [-0.39, 0.29) is 11.9 Å². The summed E-state index contributed by atoms with van der Waals surface area (Å²) in [6.45, 7) is 10.5. The Bertz CT molecular complexity index is 472. The van der Waals surface area contributed by atoms with Crippen LogP contribution in [-0.2, 0) is 4.79 Å². The third-order valence-electron chi connectivity index (χ3n) is 5.67. The van der Waals surface area contributed by atoms with Crippen LogP contribution in [0.15, 0.2) is 0 Å². The van der Waals surface area contributed by atoms with E-state index in [0.717, 1.165) is 45.7 Å². The van der Waals surface area contributed by atoms with Crippen LogP contribution in [0.4, 0.5) is 4.79 Å². The van der Waals surface area contributed by atoms with Gasteiger partial charge in [-0.1, -0.05) is 0 Å². The Morgan fingerprint density at radius 2 is 1.88 bits per heavy atom. The van der Waals surface area contributed by atoms with Gasteiger partial charge in [0.1, 0.15) is 0 Å². The molecule has 3 atom stereocenters. The van der Waals surface area contributed by atoms with E-state index < -0.39 is 0 Å². The van der Waals surface area contributed by atoms with Crippen LogP contribution in [0.5, 0.6) is 0 Å². The summed E-state index contributed by atoms with van der Waals surface area (Å²) in [5.74, 6) is 0.162. The smallest absolute Gasteiger partial charge is 0.317 e. The van der Waals surface area contributed by atoms with Crippen LogP contribution in [0.3, 0.4) is 0 Å². The Morgan fingerprint density at radius 3 is 2.46 bits per heavy atom. The predicted molar refractivity (Wildman–Crippen MR) is 92.8 cm³/mol. The van der Waals surface area contributed by atoms with Gasteiger partial charge in [0, 0.05) is 70.4 Å². The number of nitrogens with zero attached hydrogens (tertiary/aromatic N) is 3. The molecule has 3 saturated heterocycles. The number of urea groups is 1. The standard InChI is InChI=1S/C17H31N5O2/c1-3-18-16(23)6-8-22-12-14-9-15(22)11-21(14)7-5-13-10-20(4-2)17(24)19-13/h13-15H,3-12H2,1-2H3,(H,18,23)(H,19,24)/t13?,14-,15?/m0/s1. The number of hydrogen-bond donors (Lipinski definition) is 2. The van der Waals surface area contributed by atoms with Crippen LogP contribution in [0.2, 0.25) is 0 Å². The molecule has 24 heavy (non-hydrogen) atoms. The van der Waals surface area contributed by atoms with E-state index in [1.54, 1.807) is 0 Å². The summed E-state index contributed by atoms with van der Waals surface area (Å²) in [4.78, 5) is 30.3. The molecule has 7 nitrogen and oxygen atoms in total. The van der Waals surface area contributed by atoms with E-state index in [9.17, 15) is 9.59 Å². The van der Waals surface area contributed by atoms with Crippen LogP contribution < -0.4 is 10.6 Å². The quantitative estimate of drug-likeness (QED) is 0.658. The molecule has 0 saturated carbocycles. The van der Waals surface area contributed by atoms with E-state index >= 15 is 0 Å². The largest absolute Gasteiger partial charge is 0.356 e. The highest BCUT2D eigenvalue weighted by atomic mass is 16.2. The minimum Gasteiger partial charge on any atom is -0.356 e. The highest BCUT2D eigenvalue weighted by Crippen LogP contribution is 2.30. The summed E-state index contributed by atoms with van der Waals surface area (Å²) >= 11 is 0. The highest BCUT2D eigenvalue weighted by Gasteiger charge is 2.43. The average molecular weight is 337 g/mol. The first-order valence-electron chi connectivity index (χ1n) is 9.41. The fourth-order valence-corrected chi connectivity index (χ4v) is 4.33. The molecule has 0 spiro atoms. The van der Waals surface area contributed by atoms with Gasteiger partial charge in [0.05, 0.1) is 0 Å². The number of fused-ring (bicyclic) bond motifs is 2. The molecule has 2 N–H and O–H groups in total. The van der Waals surface area contributed by atoms with Crippen molar-refractivity contribution < 1.29 is 9.59 Å². The topological polar surface area (TPSA) is 67.9 Å². The number of likely N-dealkylation sites (tertiary alicyclic amines) is 2. The molecule has 2 unspecified atom stereocenters. The molecule has 136 valence electrons. The summed E-state index contributed by atoms with van der Waals surface area (Å²) in [6, 6.07) is 1.62. The second-order valence-electron chi connectivity index (χ2n) is 7.21. The van der Waals surface area contributed by atoms with Gasteiger partial charge in [0.25, 0.3) is 0 Å². The SMILES string of the molecule is CCNC(=O)CCN1C[C@@H]2CC1CN2CCC1CN(CC)C(=O)N1. The van der Waals surface area contributed by atoms with Crippen molar-refractivity contribution in [3.05, 3.63) is 0 Å². The number of carbonyl (C=O) groups is 2. The zero-order chi connectivity index (χ0) is 17.1. The third kappa shape index (κ3) is 3.83. The molecular formula is C17H31N5O2. The van der Waals surface area contributed by atoms with Gasteiger partial charge in [0.15, 0.2) is 0 Å². The summed E-state index contributed by atoms with van der Waals surface area (Å²) in [5, 5.41) is 5.95. The van der Waals surface area contributed by atoms with Crippen LogP contribution >= 0.6 is 0 Å². The maximum Gasteiger partial charge on any atom is 0.317 e. The second kappa shape index (κ2) is 7.70. The van der Waals surface area contributed by atoms with Crippen LogP contribution in [-0.4, -0.2) is 90.6 Å². The Hall–Kier alpha value is -1.34. The van der Waals surface area contributed by atoms with Crippen molar-refractivity contribution in [2.45, 2.75) is 51.2 Å². The lowest BCUT2D eigenvalue weighted by atomic mass is 10.2. The lowest BCUT2D eigenvalue weighted by Gasteiger charge is -2.34. The first-order chi connectivity index (χ1) is 11.6. The first kappa shape index (κ1) is 17.5. The van der Waals surface area contributed by atoms with Crippen LogP contribution in [0.25, 0.3) is 0 Å². The van der Waals surface area contributed by atoms with E-state index in [4.69, 9.17) is 0 Å². The molecule has 3 fully saturated rings. The molecule has 3 aliphatic rings. The van der Waals surface area contributed by atoms with Crippen LogP contribution in [0.1, 0.15) is 33.1 Å². The van der Waals surface area contributed by atoms with Gasteiger partial charge in [-0.3, -0.25) is 14.6 Å². The number of amides is 3. The van der Waals surface area contributed by atoms with Gasteiger partial charge in [-0.2, -0.15) is 0 Å². The number of piperazine rings is 1. The first-order valence-corrected chi connectivity index (χ1v) is 9.41. The number of nitrogens with one attached hydrogen (secondary N) is 2. The summed E-state index contributed by atoms with van der Waals surface area (Å²) < 4.78 is 0. The van der Waals surface area contributed by atoms with Gasteiger partial charge in [-0.05, 0) is 26.7 Å². The molecule has 3 aliphatic heterocycles. The molecule has 3 amide bonds. The van der Waals surface area contributed by atoms with Gasteiger partial charge in [-0.15, -0.1) is 0 Å². The zero-order valence-corrected chi connectivity index (χ0v) is 15.0. The van der Waals surface area contributed by atoms with Gasteiger partial charge in [0.2, 0.25) is 5.91 Å². The van der Waals surface area contributed by atoms with E-state index in [1.165, 1.54) is 6.42 Å². The minimum absolute atomic E-state index is 0.0852. The zero-order valence-electron chi connectivity index (χ0n) is 15.0. The number of carbonyl (C=O) groups excluding carboxylic acids is 2. The number of likely N-dealkylation sites (N-methyl/N-ethyl adjacent to an activating group) is 1. The number of rotatable bonds is 8. The molecule has 0 aromatic heterocycles. The minimum atomic E-state index is 0.0852. The van der Waals surface area contributed by atoms with Crippen molar-refractivity contribution in [2.75, 3.05) is 45.8 Å². The van der Waals surface area contributed by atoms with Gasteiger partial charge >= 0.3 is 6.03 Å². The van der Waals surface area contributed by atoms with Crippen molar-refractivity contribution in [1.82, 2.24) is 25.3 Å². The van der Waals surface area contributed by atoms with Crippen molar-refractivity contribution in [1.29, 1.82) is 0 Å². The highest BCUT2D eigenvalue weighted by molar-refractivity contribution is 5.76. The van der Waals surface area contributed by atoms with Gasteiger partial charge < -0.3 is 15.5 Å². The Morgan fingerprint density at radius 1 is 1.17 bits per heavy atom. The Balaban J connectivity index is 1.37. The van der Waals surface area contributed by atoms with Crippen molar-refractivity contribution >= 4 is 11.9 Å². The maximum atomic E-state index is 11.7. The van der Waals surface area contributed by atoms with Crippen molar-refractivity contribution in [3.8, 4) is 0 Å². The molecule has 2 bridgehead atoms. The molecule has 3 heterocycles. The van der Waals surface area contributed by atoms with E-state index in [1.807, 2.05) is 18.7 Å². The molecule has 0 radical (unpaired) electrons. The van der Waals surface area contributed by atoms with E-state index in [2.05, 4.69) is 20.4 Å². The Labute approximate surface area is 144 Å². The monoisotopic (exact) mass is 337 g/mol.